The quantitative estimate of drug-likeness (QED) is 0.723. The van der Waals surface area contributed by atoms with Crippen LogP contribution in [0.25, 0.3) is 10.9 Å². The number of amides is 1. The second-order valence-electron chi connectivity index (χ2n) is 6.38. The smallest absolute Gasteiger partial charge is 0.274 e. The monoisotopic (exact) mass is 368 g/mol. The van der Waals surface area contributed by atoms with Gasteiger partial charge in [0.15, 0.2) is 0 Å². The van der Waals surface area contributed by atoms with Gasteiger partial charge in [0.05, 0.1) is 26.9 Å². The molecule has 1 atom stereocenters. The molecule has 3 heterocycles. The van der Waals surface area contributed by atoms with Gasteiger partial charge >= 0.3 is 0 Å². The molecule has 1 fully saturated rings. The second kappa shape index (κ2) is 7.75. The average Bonchev–Trinajstić information content (AvgIpc) is 3.34. The summed E-state index contributed by atoms with van der Waals surface area (Å²) in [6.45, 7) is 1.56. The van der Waals surface area contributed by atoms with Gasteiger partial charge in [-0.05, 0) is 43.7 Å². The largest absolute Gasteiger partial charge is 0.476 e. The first kappa shape index (κ1) is 15.2. The molecule has 7 nitrogen and oxygen atoms in total. The number of hydrogen-bond acceptors (Lipinski definition) is 5. The molecule has 7 heteroatoms. The van der Waals surface area contributed by atoms with Crippen LogP contribution in [-0.4, -0.2) is 40.5 Å². The fourth-order valence-electron chi connectivity index (χ4n) is 3.04. The minimum atomic E-state index is -1.74. The third-order valence-electron chi connectivity index (χ3n) is 4.49. The zero-order valence-corrected chi connectivity index (χ0v) is 15.0. The maximum absolute atomic E-state index is 12.4. The predicted molar refractivity (Wildman–Crippen MR) is 102 cm³/mol. The number of benzene rings is 1. The molecular weight excluding hydrogens is 344 g/mol. The molecule has 3 aromatic rings. The number of aromatic nitrogens is 3. The highest BCUT2D eigenvalue weighted by molar-refractivity contribution is 6.03. The van der Waals surface area contributed by atoms with Crippen LogP contribution in [0.15, 0.2) is 42.6 Å². The normalized spacial score (nSPS) is 18.2. The van der Waals surface area contributed by atoms with Gasteiger partial charge in [-0.2, -0.15) is 0 Å². The molecule has 0 saturated carbocycles. The van der Waals surface area contributed by atoms with E-state index in [1.165, 1.54) is 11.6 Å². The van der Waals surface area contributed by atoms with Crippen LogP contribution < -0.4 is 10.1 Å². The van der Waals surface area contributed by atoms with E-state index in [2.05, 4.69) is 15.4 Å². The first-order chi connectivity index (χ1) is 13.9. The van der Waals surface area contributed by atoms with Crippen molar-refractivity contribution in [2.45, 2.75) is 19.8 Å². The van der Waals surface area contributed by atoms with E-state index >= 15 is 0 Å². The lowest BCUT2D eigenvalue weighted by atomic mass is 10.1. The molecule has 1 aromatic carbocycles. The van der Waals surface area contributed by atoms with Crippen molar-refractivity contribution in [3.8, 4) is 5.88 Å². The predicted octanol–water partition coefficient (Wildman–Crippen LogP) is 3.12. The highest BCUT2D eigenvalue weighted by Crippen LogP contribution is 2.28. The van der Waals surface area contributed by atoms with Gasteiger partial charge in [0.25, 0.3) is 5.91 Å². The molecule has 0 radical (unpaired) electrons. The van der Waals surface area contributed by atoms with Gasteiger partial charge in [0.1, 0.15) is 5.69 Å². The molecule has 27 heavy (non-hydrogen) atoms. The topological polar surface area (TPSA) is 78.3 Å². The van der Waals surface area contributed by atoms with E-state index in [9.17, 15) is 4.79 Å². The summed E-state index contributed by atoms with van der Waals surface area (Å²) >= 11 is 0. The van der Waals surface area contributed by atoms with Crippen LogP contribution in [0.4, 0.5) is 5.69 Å². The summed E-state index contributed by atoms with van der Waals surface area (Å²) in [5, 5.41) is 7.83. The number of aryl methyl sites for hydroxylation is 1. The third-order valence-corrected chi connectivity index (χ3v) is 4.49. The number of ether oxygens (including phenoxy) is 2. The fourth-order valence-corrected chi connectivity index (χ4v) is 3.04. The van der Waals surface area contributed by atoms with Crippen molar-refractivity contribution in [2.24, 2.45) is 5.92 Å². The Morgan fingerprint density at radius 1 is 1.44 bits per heavy atom. The van der Waals surface area contributed by atoms with Crippen molar-refractivity contribution >= 4 is 22.5 Å². The fraction of sp³-hybridized carbons (Fsp3) is 0.350. The number of hydrogen-bond donors (Lipinski definition) is 1. The Morgan fingerprint density at radius 3 is 3.11 bits per heavy atom. The lowest BCUT2D eigenvalue weighted by Crippen LogP contribution is -2.13. The first-order valence-corrected chi connectivity index (χ1v) is 8.88. The summed E-state index contributed by atoms with van der Waals surface area (Å²) in [5.41, 5.74) is 1.36. The van der Waals surface area contributed by atoms with Crippen LogP contribution in [0.3, 0.4) is 0 Å². The van der Waals surface area contributed by atoms with Crippen LogP contribution in [0, 0.1) is 5.92 Å². The molecule has 1 amide bonds. The van der Waals surface area contributed by atoms with E-state index in [4.69, 9.17) is 12.2 Å². The first-order valence-electron chi connectivity index (χ1n) is 9.88. The Labute approximate surface area is 160 Å². The summed E-state index contributed by atoms with van der Waals surface area (Å²) in [7, 11) is 0. The maximum atomic E-state index is 12.4. The Balaban J connectivity index is 1.62. The number of anilines is 1. The molecule has 2 aromatic heterocycles. The van der Waals surface area contributed by atoms with Crippen LogP contribution in [0.1, 0.15) is 26.6 Å². The van der Waals surface area contributed by atoms with Gasteiger partial charge < -0.3 is 14.8 Å². The summed E-state index contributed by atoms with van der Waals surface area (Å²) < 4.78 is 28.8. The highest BCUT2D eigenvalue weighted by atomic mass is 16.5. The molecule has 140 valence electrons. The molecule has 1 N–H and O–H groups in total. The van der Waals surface area contributed by atoms with Gasteiger partial charge in [-0.15, -0.1) is 5.10 Å². The standard InChI is InChI=1S/C20H22N4O3/c1-2-24-18-11-15(22-19(25)17-5-3-4-9-21-17)6-7-16(18)20(23-24)27-13-14-8-10-26-12-14/h3-7,9,11,14H,2,8,10,12-13H2,1H3,(H,22,25)/i2D2. The van der Waals surface area contributed by atoms with Crippen LogP contribution in [-0.2, 0) is 11.2 Å². The van der Waals surface area contributed by atoms with E-state index < -0.39 is 6.50 Å². The Hall–Kier alpha value is -2.93. The average molecular weight is 368 g/mol. The minimum absolute atomic E-state index is 0.301. The van der Waals surface area contributed by atoms with E-state index in [-0.39, 0.29) is 5.91 Å². The molecule has 0 bridgehead atoms. The van der Waals surface area contributed by atoms with Gasteiger partial charge in [0.2, 0.25) is 5.88 Å². The second-order valence-corrected chi connectivity index (χ2v) is 6.38. The van der Waals surface area contributed by atoms with Crippen molar-refractivity contribution in [2.75, 3.05) is 25.1 Å². The molecule has 4 rings (SSSR count). The highest BCUT2D eigenvalue weighted by Gasteiger charge is 2.19. The van der Waals surface area contributed by atoms with Crippen molar-refractivity contribution in [1.82, 2.24) is 14.8 Å². The molecule has 0 spiro atoms. The molecule has 0 aliphatic carbocycles. The molecule has 1 unspecified atom stereocenters. The zero-order valence-electron chi connectivity index (χ0n) is 17.0. The van der Waals surface area contributed by atoms with Crippen LogP contribution >= 0.6 is 0 Å². The minimum Gasteiger partial charge on any atom is -0.476 e. The van der Waals surface area contributed by atoms with E-state index in [1.54, 1.807) is 42.6 Å². The Bertz CT molecular complexity index is 1010. The molecule has 1 saturated heterocycles. The summed E-state index contributed by atoms with van der Waals surface area (Å²) in [5.74, 6) is 0.346. The van der Waals surface area contributed by atoms with Crippen molar-refractivity contribution in [1.29, 1.82) is 0 Å². The number of pyridine rings is 1. The lowest BCUT2D eigenvalue weighted by Gasteiger charge is -2.08. The van der Waals surface area contributed by atoms with E-state index in [0.717, 1.165) is 13.0 Å². The van der Waals surface area contributed by atoms with Crippen molar-refractivity contribution in [3.05, 3.63) is 48.3 Å². The molecule has 1 aliphatic heterocycles. The van der Waals surface area contributed by atoms with Gasteiger partial charge in [-0.3, -0.25) is 14.5 Å². The Morgan fingerprint density at radius 2 is 2.37 bits per heavy atom. The number of rotatable bonds is 6. The zero-order chi connectivity index (χ0) is 20.4. The molecule has 1 aliphatic rings. The van der Waals surface area contributed by atoms with Crippen LogP contribution in [0.2, 0.25) is 0 Å². The molecular formula is C20H22N4O3. The van der Waals surface area contributed by atoms with Crippen molar-refractivity contribution in [3.63, 3.8) is 0 Å². The summed E-state index contributed by atoms with van der Waals surface area (Å²) in [6.07, 6.45) is 2.49. The third kappa shape index (κ3) is 3.78. The number of nitrogens with zero attached hydrogens (tertiary/aromatic N) is 3. The van der Waals surface area contributed by atoms with Gasteiger partial charge in [0, 0.05) is 30.9 Å². The number of carbonyl (C=O) groups is 1. The summed E-state index contributed by atoms with van der Waals surface area (Å²) in [6, 6.07) is 10.3. The number of nitrogens with one attached hydrogen (secondary N) is 1. The van der Waals surface area contributed by atoms with E-state index in [1.807, 2.05) is 0 Å². The lowest BCUT2D eigenvalue weighted by molar-refractivity contribution is 0.102. The Kier molecular flexibility index (Phi) is 4.35. The summed E-state index contributed by atoms with van der Waals surface area (Å²) in [4.78, 5) is 16.4. The van der Waals surface area contributed by atoms with Crippen molar-refractivity contribution < 1.29 is 17.0 Å². The number of fused-ring (bicyclic) bond motifs is 1. The number of carbonyl (C=O) groups excluding carboxylic acids is 1. The van der Waals surface area contributed by atoms with Gasteiger partial charge in [-0.25, -0.2) is 0 Å². The van der Waals surface area contributed by atoms with E-state index in [0.29, 0.717) is 47.3 Å². The SMILES string of the molecule is [2H]C([2H])(C)n1nc(OCC2CCOC2)c2ccc(NC(=O)c3ccccn3)cc21. The van der Waals surface area contributed by atoms with Crippen LogP contribution in [0.5, 0.6) is 5.88 Å². The van der Waals surface area contributed by atoms with Gasteiger partial charge in [-0.1, -0.05) is 6.07 Å². The maximum Gasteiger partial charge on any atom is 0.274 e.